The van der Waals surface area contributed by atoms with E-state index in [1.807, 2.05) is 6.92 Å². The second kappa shape index (κ2) is 6.88. The minimum Gasteiger partial charge on any atom is -0.497 e. The predicted octanol–water partition coefficient (Wildman–Crippen LogP) is 3.34. The average Bonchev–Trinajstić information content (AvgIpc) is 2.15. The molecule has 0 aromatic carbocycles. The van der Waals surface area contributed by atoms with E-state index in [1.165, 1.54) is 0 Å². The maximum absolute atomic E-state index is 8.66. The first-order valence-corrected chi connectivity index (χ1v) is 9.11. The van der Waals surface area contributed by atoms with Crippen molar-refractivity contribution in [1.29, 1.82) is 0 Å². The van der Waals surface area contributed by atoms with Crippen molar-refractivity contribution in [1.82, 2.24) is 0 Å². The van der Waals surface area contributed by atoms with E-state index in [2.05, 4.69) is 45.3 Å². The summed E-state index contributed by atoms with van der Waals surface area (Å²) in [7, 11) is -1.47. The molecule has 0 aliphatic carbocycles. The van der Waals surface area contributed by atoms with Gasteiger partial charge in [-0.3, -0.25) is 0 Å². The number of allylic oxidation sites excluding steroid dienone is 1. The number of ether oxygens (including phenoxy) is 1. The van der Waals surface area contributed by atoms with Crippen molar-refractivity contribution in [3.63, 3.8) is 0 Å². The summed E-state index contributed by atoms with van der Waals surface area (Å²) in [6.45, 7) is 13.9. The summed E-state index contributed by atoms with van der Waals surface area (Å²) >= 11 is 0. The van der Waals surface area contributed by atoms with Crippen molar-refractivity contribution < 1.29 is 9.84 Å². The van der Waals surface area contributed by atoms with Gasteiger partial charge in [0.25, 0.3) is 0 Å². The predicted molar refractivity (Wildman–Crippen MR) is 76.4 cm³/mol. The molecule has 0 saturated heterocycles. The monoisotopic (exact) mass is 254 g/mol. The van der Waals surface area contributed by atoms with Gasteiger partial charge in [-0.15, -0.1) is 11.5 Å². The highest BCUT2D eigenvalue weighted by molar-refractivity contribution is 6.87. The van der Waals surface area contributed by atoms with Crippen LogP contribution in [0.15, 0.2) is 11.8 Å². The second-order valence-electron chi connectivity index (χ2n) is 5.77. The van der Waals surface area contributed by atoms with Crippen LogP contribution in [0.1, 0.15) is 34.1 Å². The van der Waals surface area contributed by atoms with Crippen LogP contribution in [0.2, 0.25) is 18.1 Å². The molecule has 98 valence electrons. The van der Waals surface area contributed by atoms with Crippen molar-refractivity contribution in [3.05, 3.63) is 11.8 Å². The first-order chi connectivity index (χ1) is 7.70. The zero-order chi connectivity index (χ0) is 13.5. The lowest BCUT2D eigenvalue weighted by Gasteiger charge is -2.31. The van der Waals surface area contributed by atoms with Gasteiger partial charge >= 0.3 is 0 Å². The molecule has 1 N–H and O–H groups in total. The molecule has 0 atom stereocenters. The molecule has 0 radical (unpaired) electrons. The van der Waals surface area contributed by atoms with Crippen LogP contribution in [-0.2, 0) is 4.74 Å². The average molecular weight is 254 g/mol. The van der Waals surface area contributed by atoms with E-state index in [-0.39, 0.29) is 6.61 Å². The van der Waals surface area contributed by atoms with Crippen LogP contribution in [0.4, 0.5) is 0 Å². The molecular weight excluding hydrogens is 228 g/mol. The van der Waals surface area contributed by atoms with E-state index >= 15 is 0 Å². The summed E-state index contributed by atoms with van der Waals surface area (Å²) in [5.41, 5.74) is 3.44. The summed E-state index contributed by atoms with van der Waals surface area (Å²) in [6, 6.07) is 0. The number of aliphatic hydroxyl groups is 1. The Hall–Kier alpha value is -0.723. The molecule has 0 aromatic heterocycles. The Labute approximate surface area is 107 Å². The fourth-order valence-corrected chi connectivity index (χ4v) is 1.86. The first kappa shape index (κ1) is 16.3. The summed E-state index contributed by atoms with van der Waals surface area (Å²) in [5.74, 6) is 3.99. The SMILES string of the molecule is C/C(=C\CO)OCCC#C[Si](C)(C)C(C)(C)C. The number of aliphatic hydroxyl groups excluding tert-OH is 1. The van der Waals surface area contributed by atoms with Crippen molar-refractivity contribution >= 4 is 8.07 Å². The van der Waals surface area contributed by atoms with E-state index in [0.717, 1.165) is 12.2 Å². The molecule has 0 aliphatic rings. The molecule has 0 amide bonds. The van der Waals surface area contributed by atoms with E-state index in [1.54, 1.807) is 6.08 Å². The van der Waals surface area contributed by atoms with Gasteiger partial charge in [-0.25, -0.2) is 0 Å². The topological polar surface area (TPSA) is 29.5 Å². The molecule has 0 heterocycles. The molecule has 0 unspecified atom stereocenters. The van der Waals surface area contributed by atoms with Crippen LogP contribution in [0.25, 0.3) is 0 Å². The third-order valence-electron chi connectivity index (χ3n) is 3.21. The maximum atomic E-state index is 8.66. The molecule has 0 rings (SSSR count). The zero-order valence-electron chi connectivity index (χ0n) is 12.1. The van der Waals surface area contributed by atoms with Gasteiger partial charge in [-0.05, 0) is 18.0 Å². The highest BCUT2D eigenvalue weighted by Crippen LogP contribution is 2.35. The Bertz CT molecular complexity index is 313. The lowest BCUT2D eigenvalue weighted by Crippen LogP contribution is -2.35. The second-order valence-corrected chi connectivity index (χ2v) is 10.8. The number of rotatable bonds is 4. The van der Waals surface area contributed by atoms with Gasteiger partial charge in [0.15, 0.2) is 0 Å². The number of hydrogen-bond acceptors (Lipinski definition) is 2. The zero-order valence-corrected chi connectivity index (χ0v) is 13.1. The molecule has 0 saturated carbocycles. The van der Waals surface area contributed by atoms with E-state index in [4.69, 9.17) is 9.84 Å². The summed E-state index contributed by atoms with van der Waals surface area (Å²) < 4.78 is 5.40. The standard InChI is InChI=1S/C14H26O2Si/c1-13(9-10-15)16-11-7-8-12-17(5,6)14(2,3)4/h9,15H,7,10-11H2,1-6H3/b13-9+. The Morgan fingerprint density at radius 3 is 2.41 bits per heavy atom. The van der Waals surface area contributed by atoms with Crippen LogP contribution >= 0.6 is 0 Å². The summed E-state index contributed by atoms with van der Waals surface area (Å²) in [5, 5.41) is 8.97. The van der Waals surface area contributed by atoms with E-state index < -0.39 is 8.07 Å². The minimum atomic E-state index is -1.47. The molecular formula is C14H26O2Si. The highest BCUT2D eigenvalue weighted by atomic mass is 28.3. The molecule has 0 spiro atoms. The van der Waals surface area contributed by atoms with Crippen LogP contribution < -0.4 is 0 Å². The molecule has 0 fully saturated rings. The van der Waals surface area contributed by atoms with Crippen LogP contribution in [0, 0.1) is 11.5 Å². The fourth-order valence-electron chi connectivity index (χ4n) is 0.922. The van der Waals surface area contributed by atoms with E-state index in [0.29, 0.717) is 11.6 Å². The molecule has 3 heteroatoms. The fraction of sp³-hybridized carbons (Fsp3) is 0.714. The highest BCUT2D eigenvalue weighted by Gasteiger charge is 2.33. The first-order valence-electron chi connectivity index (χ1n) is 6.11. The number of hydrogen-bond donors (Lipinski definition) is 1. The minimum absolute atomic E-state index is 0.0292. The van der Waals surface area contributed by atoms with Gasteiger partial charge in [0, 0.05) is 6.42 Å². The molecule has 17 heavy (non-hydrogen) atoms. The summed E-state index contributed by atoms with van der Waals surface area (Å²) in [4.78, 5) is 0. The molecule has 0 aromatic rings. The lowest BCUT2D eigenvalue weighted by atomic mass is 10.2. The van der Waals surface area contributed by atoms with Crippen LogP contribution in [-0.4, -0.2) is 26.4 Å². The Balaban J connectivity index is 4.11. The largest absolute Gasteiger partial charge is 0.497 e. The van der Waals surface area contributed by atoms with Gasteiger partial charge in [-0.2, -0.15) is 0 Å². The smallest absolute Gasteiger partial charge is 0.137 e. The van der Waals surface area contributed by atoms with Gasteiger partial charge < -0.3 is 9.84 Å². The van der Waals surface area contributed by atoms with Gasteiger partial charge in [0.2, 0.25) is 0 Å². The lowest BCUT2D eigenvalue weighted by molar-refractivity contribution is 0.216. The van der Waals surface area contributed by atoms with Crippen molar-refractivity contribution in [2.24, 2.45) is 0 Å². The maximum Gasteiger partial charge on any atom is 0.137 e. The third kappa shape index (κ3) is 6.55. The van der Waals surface area contributed by atoms with E-state index in [9.17, 15) is 0 Å². The quantitative estimate of drug-likeness (QED) is 0.361. The third-order valence-corrected chi connectivity index (χ3v) is 7.76. The normalized spacial score (nSPS) is 13.0. The Morgan fingerprint density at radius 1 is 1.35 bits per heavy atom. The molecule has 0 bridgehead atoms. The van der Waals surface area contributed by atoms with Gasteiger partial charge in [0.05, 0.1) is 19.0 Å². The van der Waals surface area contributed by atoms with Crippen LogP contribution in [0.3, 0.4) is 0 Å². The Kier molecular flexibility index (Phi) is 6.59. The van der Waals surface area contributed by atoms with Gasteiger partial charge in [0.1, 0.15) is 8.07 Å². The van der Waals surface area contributed by atoms with Crippen LogP contribution in [0.5, 0.6) is 0 Å². The van der Waals surface area contributed by atoms with Gasteiger partial charge in [-0.1, -0.05) is 33.9 Å². The van der Waals surface area contributed by atoms with Crippen molar-refractivity contribution in [3.8, 4) is 11.5 Å². The van der Waals surface area contributed by atoms with Crippen molar-refractivity contribution in [2.45, 2.75) is 52.2 Å². The molecule has 2 nitrogen and oxygen atoms in total. The van der Waals surface area contributed by atoms with Crippen molar-refractivity contribution in [2.75, 3.05) is 13.2 Å². The molecule has 0 aliphatic heterocycles. The summed E-state index contributed by atoms with van der Waals surface area (Å²) in [6.07, 6.45) is 2.41. The Morgan fingerprint density at radius 2 is 1.94 bits per heavy atom.